The van der Waals surface area contributed by atoms with Gasteiger partial charge in [0.05, 0.1) is 5.52 Å². The summed E-state index contributed by atoms with van der Waals surface area (Å²) in [5.74, 6) is -0.338. The highest BCUT2D eigenvalue weighted by molar-refractivity contribution is 5.93. The van der Waals surface area contributed by atoms with Gasteiger partial charge in [0.25, 0.3) is 0 Å². The Morgan fingerprint density at radius 3 is 2.55 bits per heavy atom. The molecule has 0 saturated carbocycles. The number of pyridine rings is 1. The lowest BCUT2D eigenvalue weighted by Gasteiger charge is -2.15. The Morgan fingerprint density at radius 2 is 1.85 bits per heavy atom. The van der Waals surface area contributed by atoms with E-state index in [2.05, 4.69) is 20.9 Å². The Hall–Kier alpha value is -4.61. The summed E-state index contributed by atoms with van der Waals surface area (Å²) in [6.45, 7) is 0. The van der Waals surface area contributed by atoms with Gasteiger partial charge in [0, 0.05) is 37.3 Å². The lowest BCUT2D eigenvalue weighted by molar-refractivity contribution is -0.120. The summed E-state index contributed by atoms with van der Waals surface area (Å²) in [7, 11) is 1.55. The number of carbonyl (C=O) groups excluding carboxylic acids is 4. The highest BCUT2D eigenvalue weighted by Crippen LogP contribution is 2.27. The molecule has 12 heteroatoms. The van der Waals surface area contributed by atoms with Gasteiger partial charge in [-0.1, -0.05) is 0 Å². The van der Waals surface area contributed by atoms with E-state index in [4.69, 9.17) is 16.2 Å². The Kier molecular flexibility index (Phi) is 7.08. The summed E-state index contributed by atoms with van der Waals surface area (Å²) in [6, 6.07) is 8.05. The number of primary amides is 2. The average molecular weight is 453 g/mol. The van der Waals surface area contributed by atoms with Gasteiger partial charge in [-0.25, -0.2) is 14.6 Å². The zero-order valence-corrected chi connectivity index (χ0v) is 17.7. The van der Waals surface area contributed by atoms with Gasteiger partial charge in [-0.3, -0.25) is 19.5 Å². The van der Waals surface area contributed by atoms with Crippen molar-refractivity contribution in [2.24, 2.45) is 11.5 Å². The first-order chi connectivity index (χ1) is 15.8. The molecule has 0 saturated heterocycles. The Labute approximate surface area is 188 Å². The standard InChI is InChI=1S/C21H23N7O5/c1-24-21(32)28-9-7-12-10-13(2-4-16(12)28)33-14-6-8-25-18(11-14)27-20(31)26-15(19(23)30)3-5-17(22)29/h2,4,6-11,15H,3,5H2,1H3,(H2,22,29)(H2,23,30)(H,24,32)(H2,25,26,27,31)/t15-/m0/s1. The third-order valence-corrected chi connectivity index (χ3v) is 4.63. The number of urea groups is 1. The van der Waals surface area contributed by atoms with Crippen LogP contribution in [0.25, 0.3) is 10.9 Å². The molecule has 7 N–H and O–H groups in total. The second-order valence-electron chi connectivity index (χ2n) is 7.00. The monoisotopic (exact) mass is 453 g/mol. The highest BCUT2D eigenvalue weighted by atomic mass is 16.5. The van der Waals surface area contributed by atoms with Gasteiger partial charge >= 0.3 is 12.1 Å². The van der Waals surface area contributed by atoms with Crippen molar-refractivity contribution in [2.75, 3.05) is 12.4 Å². The largest absolute Gasteiger partial charge is 0.457 e. The number of hydrogen-bond donors (Lipinski definition) is 5. The minimum Gasteiger partial charge on any atom is -0.457 e. The first-order valence-corrected chi connectivity index (χ1v) is 9.89. The Morgan fingerprint density at radius 1 is 1.09 bits per heavy atom. The van der Waals surface area contributed by atoms with Crippen LogP contribution in [0.2, 0.25) is 0 Å². The van der Waals surface area contributed by atoms with Crippen molar-refractivity contribution in [3.05, 3.63) is 48.8 Å². The lowest BCUT2D eigenvalue weighted by atomic mass is 10.1. The number of amides is 5. The van der Waals surface area contributed by atoms with Crippen molar-refractivity contribution in [1.29, 1.82) is 0 Å². The van der Waals surface area contributed by atoms with Gasteiger partial charge in [0.2, 0.25) is 11.8 Å². The van der Waals surface area contributed by atoms with Crippen LogP contribution in [-0.2, 0) is 9.59 Å². The second-order valence-corrected chi connectivity index (χ2v) is 7.00. The number of benzene rings is 1. The molecule has 5 amide bonds. The molecule has 0 aliphatic carbocycles. The van der Waals surface area contributed by atoms with E-state index < -0.39 is 23.9 Å². The predicted molar refractivity (Wildman–Crippen MR) is 120 cm³/mol. The molecular weight excluding hydrogens is 430 g/mol. The van der Waals surface area contributed by atoms with Crippen LogP contribution >= 0.6 is 0 Å². The fourth-order valence-corrected chi connectivity index (χ4v) is 3.04. The van der Waals surface area contributed by atoms with Crippen molar-refractivity contribution in [3.8, 4) is 11.5 Å². The van der Waals surface area contributed by atoms with E-state index in [0.717, 1.165) is 10.9 Å². The molecule has 0 radical (unpaired) electrons. The van der Waals surface area contributed by atoms with Crippen LogP contribution in [0.5, 0.6) is 11.5 Å². The molecule has 3 aromatic rings. The van der Waals surface area contributed by atoms with Crippen LogP contribution in [0, 0.1) is 0 Å². The fraction of sp³-hybridized carbons (Fsp3) is 0.190. The molecular formula is C21H23N7O5. The van der Waals surface area contributed by atoms with Crippen LogP contribution in [0.3, 0.4) is 0 Å². The number of nitrogens with two attached hydrogens (primary N) is 2. The maximum Gasteiger partial charge on any atom is 0.325 e. The van der Waals surface area contributed by atoms with Gasteiger partial charge in [-0.2, -0.15) is 0 Å². The minimum atomic E-state index is -1.06. The molecule has 12 nitrogen and oxygen atoms in total. The maximum atomic E-state index is 12.2. The SMILES string of the molecule is CNC(=O)n1ccc2cc(Oc3ccnc(NC(=O)N[C@@H](CCC(N)=O)C(N)=O)c3)ccc21. The van der Waals surface area contributed by atoms with Crippen molar-refractivity contribution < 1.29 is 23.9 Å². The van der Waals surface area contributed by atoms with E-state index in [0.29, 0.717) is 11.5 Å². The Bertz CT molecular complexity index is 1210. The number of anilines is 1. The van der Waals surface area contributed by atoms with Gasteiger partial charge in [0.1, 0.15) is 23.4 Å². The summed E-state index contributed by atoms with van der Waals surface area (Å²) in [6.07, 6.45) is 2.97. The van der Waals surface area contributed by atoms with Crippen LogP contribution in [0.15, 0.2) is 48.8 Å². The zero-order chi connectivity index (χ0) is 24.0. The molecule has 2 aromatic heterocycles. The summed E-state index contributed by atoms with van der Waals surface area (Å²) in [5.41, 5.74) is 11.0. The number of ether oxygens (including phenoxy) is 1. The molecule has 172 valence electrons. The number of carbonyl (C=O) groups is 4. The van der Waals surface area contributed by atoms with E-state index in [1.54, 1.807) is 43.6 Å². The average Bonchev–Trinajstić information content (AvgIpc) is 3.19. The maximum absolute atomic E-state index is 12.2. The van der Waals surface area contributed by atoms with Crippen LogP contribution in [0.1, 0.15) is 12.8 Å². The van der Waals surface area contributed by atoms with Crippen LogP contribution in [-0.4, -0.2) is 46.5 Å². The van der Waals surface area contributed by atoms with Gasteiger partial charge in [0.15, 0.2) is 0 Å². The van der Waals surface area contributed by atoms with Crippen molar-refractivity contribution in [3.63, 3.8) is 0 Å². The quantitative estimate of drug-likeness (QED) is 0.342. The number of nitrogens with one attached hydrogen (secondary N) is 3. The highest BCUT2D eigenvalue weighted by Gasteiger charge is 2.19. The summed E-state index contributed by atoms with van der Waals surface area (Å²) >= 11 is 0. The molecule has 0 aliphatic rings. The van der Waals surface area contributed by atoms with Gasteiger partial charge < -0.3 is 26.8 Å². The normalized spacial score (nSPS) is 11.4. The first kappa shape index (κ1) is 23.1. The molecule has 0 fully saturated rings. The number of aromatic nitrogens is 2. The van der Waals surface area contributed by atoms with Crippen LogP contribution in [0.4, 0.5) is 15.4 Å². The summed E-state index contributed by atoms with van der Waals surface area (Å²) < 4.78 is 7.32. The van der Waals surface area contributed by atoms with Crippen molar-refractivity contribution in [2.45, 2.75) is 18.9 Å². The first-order valence-electron chi connectivity index (χ1n) is 9.89. The molecule has 1 aromatic carbocycles. The van der Waals surface area contributed by atoms with Crippen molar-refractivity contribution in [1.82, 2.24) is 20.2 Å². The fourth-order valence-electron chi connectivity index (χ4n) is 3.04. The molecule has 0 bridgehead atoms. The number of rotatable bonds is 8. The van der Waals surface area contributed by atoms with E-state index in [1.807, 2.05) is 0 Å². The number of nitrogens with zero attached hydrogens (tertiary/aromatic N) is 2. The smallest absolute Gasteiger partial charge is 0.325 e. The third kappa shape index (κ3) is 5.97. The second kappa shape index (κ2) is 10.1. The third-order valence-electron chi connectivity index (χ3n) is 4.63. The number of hydrogen-bond acceptors (Lipinski definition) is 6. The van der Waals surface area contributed by atoms with Gasteiger partial charge in [-0.05, 0) is 36.8 Å². The molecule has 1 atom stereocenters. The molecule has 2 heterocycles. The molecule has 0 unspecified atom stereocenters. The summed E-state index contributed by atoms with van der Waals surface area (Å²) in [5, 5.41) is 8.23. The molecule has 0 spiro atoms. The Balaban J connectivity index is 1.67. The molecule has 33 heavy (non-hydrogen) atoms. The van der Waals surface area contributed by atoms with E-state index in [-0.39, 0.29) is 24.7 Å². The van der Waals surface area contributed by atoms with E-state index in [1.165, 1.54) is 16.8 Å². The zero-order valence-electron chi connectivity index (χ0n) is 17.7. The topological polar surface area (TPSA) is 183 Å². The summed E-state index contributed by atoms with van der Waals surface area (Å²) in [4.78, 5) is 50.5. The molecule has 3 rings (SSSR count). The van der Waals surface area contributed by atoms with E-state index >= 15 is 0 Å². The molecule has 0 aliphatic heterocycles. The van der Waals surface area contributed by atoms with E-state index in [9.17, 15) is 19.2 Å². The lowest BCUT2D eigenvalue weighted by Crippen LogP contribution is -2.46. The number of fused-ring (bicyclic) bond motifs is 1. The van der Waals surface area contributed by atoms with Crippen LogP contribution < -0.4 is 32.2 Å². The predicted octanol–water partition coefficient (Wildman–Crippen LogP) is 1.26. The van der Waals surface area contributed by atoms with Gasteiger partial charge in [-0.15, -0.1) is 0 Å². The minimum absolute atomic E-state index is 0.0151. The van der Waals surface area contributed by atoms with Crippen molar-refractivity contribution >= 4 is 40.6 Å².